The summed E-state index contributed by atoms with van der Waals surface area (Å²) in [7, 11) is 0. The van der Waals surface area contributed by atoms with Crippen LogP contribution in [0.5, 0.6) is 0 Å². The summed E-state index contributed by atoms with van der Waals surface area (Å²) in [4.78, 5) is 4.87. The van der Waals surface area contributed by atoms with Gasteiger partial charge in [0.25, 0.3) is 0 Å². The number of aliphatic imine (C=N–C) groups is 1. The van der Waals surface area contributed by atoms with Gasteiger partial charge in [0.15, 0.2) is 0 Å². The summed E-state index contributed by atoms with van der Waals surface area (Å²) >= 11 is 1.93. The van der Waals surface area contributed by atoms with E-state index in [4.69, 9.17) is 4.99 Å². The molecule has 1 heterocycles. The SMILES string of the molecule is CC.CC=C(C)c1ccccc1N=C1C[CH-]SC(C)C1.[Yb]. The molecule has 0 amide bonds. The molecule has 21 heavy (non-hydrogen) atoms. The standard InChI is InChI=1S/C16H20NS.C2H6.Yb/c1-4-12(2)15-7-5-6-8-16(15)17-14-9-10-18-13(3)11-14;1-2;/h4-8,10,13H,9,11H2,1-3H3;1-2H3;/q-1;;. The van der Waals surface area contributed by atoms with Crippen LogP contribution >= 0.6 is 11.8 Å². The first kappa shape index (κ1) is 21.5. The zero-order chi connectivity index (χ0) is 15.0. The summed E-state index contributed by atoms with van der Waals surface area (Å²) in [6.45, 7) is 10.5. The van der Waals surface area contributed by atoms with Gasteiger partial charge in [-0.15, -0.1) is 6.42 Å². The molecule has 0 saturated carbocycles. The molecule has 1 aliphatic heterocycles. The fraction of sp³-hybridized carbons (Fsp3) is 0.444. The van der Waals surface area contributed by atoms with Crippen LogP contribution in [0.4, 0.5) is 5.69 Å². The van der Waals surface area contributed by atoms with E-state index >= 15 is 0 Å². The number of hydrogen-bond acceptors (Lipinski definition) is 2. The minimum Gasteiger partial charge on any atom is -0.347 e. The third kappa shape index (κ3) is 7.07. The Bertz CT molecular complexity index is 480. The average Bonchev–Trinajstić information content (AvgIpc) is 2.49. The number of rotatable bonds is 2. The van der Waals surface area contributed by atoms with Crippen molar-refractivity contribution in [2.24, 2.45) is 4.99 Å². The van der Waals surface area contributed by atoms with E-state index in [9.17, 15) is 0 Å². The van der Waals surface area contributed by atoms with Crippen LogP contribution in [-0.2, 0) is 0 Å². The van der Waals surface area contributed by atoms with E-state index in [0.717, 1.165) is 18.5 Å². The summed E-state index contributed by atoms with van der Waals surface area (Å²) in [5, 5.41) is 0.660. The Morgan fingerprint density at radius 3 is 2.62 bits per heavy atom. The predicted octanol–water partition coefficient (Wildman–Crippen LogP) is 6.29. The van der Waals surface area contributed by atoms with Gasteiger partial charge in [-0.2, -0.15) is 0 Å². The molecular weight excluding hydrogens is 435 g/mol. The van der Waals surface area contributed by atoms with Crippen molar-refractivity contribution in [1.82, 2.24) is 0 Å². The molecular formula is C18H26NSYb-. The van der Waals surface area contributed by atoms with Crippen molar-refractivity contribution in [3.63, 3.8) is 0 Å². The number of nitrogens with zero attached hydrogens (tertiary/aromatic N) is 1. The van der Waals surface area contributed by atoms with Crippen molar-refractivity contribution >= 4 is 28.7 Å². The molecule has 1 nitrogen and oxygen atoms in total. The van der Waals surface area contributed by atoms with Gasteiger partial charge in [0.05, 0.1) is 5.69 Å². The molecule has 0 aliphatic carbocycles. The van der Waals surface area contributed by atoms with Crippen molar-refractivity contribution in [3.8, 4) is 0 Å². The Labute approximate surface area is 173 Å². The molecule has 1 aliphatic rings. The van der Waals surface area contributed by atoms with Crippen molar-refractivity contribution < 1.29 is 46.9 Å². The van der Waals surface area contributed by atoms with Gasteiger partial charge < -0.3 is 11.8 Å². The van der Waals surface area contributed by atoms with Crippen LogP contribution in [-0.4, -0.2) is 11.0 Å². The van der Waals surface area contributed by atoms with E-state index < -0.39 is 0 Å². The van der Waals surface area contributed by atoms with E-state index in [2.05, 4.69) is 56.9 Å². The smallest absolute Gasteiger partial charge is 0.0702 e. The summed E-state index contributed by atoms with van der Waals surface area (Å²) in [6, 6.07) is 8.41. The van der Waals surface area contributed by atoms with Gasteiger partial charge in [0, 0.05) is 52.5 Å². The normalized spacial score (nSPS) is 20.3. The van der Waals surface area contributed by atoms with Crippen LogP contribution in [0.2, 0.25) is 0 Å². The molecule has 3 heteroatoms. The van der Waals surface area contributed by atoms with Gasteiger partial charge in [-0.05, 0) is 42.9 Å². The van der Waals surface area contributed by atoms with Crippen LogP contribution in [0.25, 0.3) is 5.57 Å². The zero-order valence-corrected chi connectivity index (χ0v) is 16.1. The van der Waals surface area contributed by atoms with Crippen molar-refractivity contribution in [2.75, 3.05) is 0 Å². The molecule has 0 spiro atoms. The number of benzene rings is 1. The average molecular weight is 462 g/mol. The first-order valence-corrected chi connectivity index (χ1v) is 8.41. The zero-order valence-electron chi connectivity index (χ0n) is 13.6. The fourth-order valence-electron chi connectivity index (χ4n) is 2.09. The largest absolute Gasteiger partial charge is 0.347 e. The minimum absolute atomic E-state index is 0. The molecule has 0 radical (unpaired) electrons. The molecule has 1 saturated heterocycles. The van der Waals surface area contributed by atoms with Crippen molar-refractivity contribution in [1.29, 1.82) is 0 Å². The minimum atomic E-state index is 0. The second-order valence-electron chi connectivity index (χ2n) is 4.69. The predicted molar refractivity (Wildman–Crippen MR) is 94.8 cm³/mol. The van der Waals surface area contributed by atoms with Crippen molar-refractivity contribution in [2.45, 2.75) is 52.7 Å². The topological polar surface area (TPSA) is 12.4 Å². The Balaban J connectivity index is 0.00000128. The molecule has 0 aromatic heterocycles. The summed E-state index contributed by atoms with van der Waals surface area (Å²) in [5.41, 5.74) is 4.95. The maximum Gasteiger partial charge on any atom is 0.0702 e. The van der Waals surface area contributed by atoms with Gasteiger partial charge in [0.1, 0.15) is 0 Å². The van der Waals surface area contributed by atoms with Crippen LogP contribution in [0.3, 0.4) is 0 Å². The van der Waals surface area contributed by atoms with Gasteiger partial charge in [0.2, 0.25) is 0 Å². The Morgan fingerprint density at radius 1 is 1.33 bits per heavy atom. The van der Waals surface area contributed by atoms with E-state index in [1.165, 1.54) is 16.8 Å². The first-order chi connectivity index (χ1) is 9.70. The Kier molecular flexibility index (Phi) is 12.3. The quantitative estimate of drug-likeness (QED) is 0.472. The Morgan fingerprint density at radius 2 is 2.00 bits per heavy atom. The van der Waals surface area contributed by atoms with E-state index in [0.29, 0.717) is 5.25 Å². The van der Waals surface area contributed by atoms with Gasteiger partial charge in [-0.25, -0.2) is 0 Å². The second-order valence-corrected chi connectivity index (χ2v) is 6.10. The molecule has 124 valence electrons. The molecule has 1 unspecified atom stereocenters. The summed E-state index contributed by atoms with van der Waals surface area (Å²) in [5.74, 6) is 2.28. The molecule has 1 fully saturated rings. The molecule has 1 atom stereocenters. The van der Waals surface area contributed by atoms with Crippen molar-refractivity contribution in [3.05, 3.63) is 41.7 Å². The number of hydrogen-bond donors (Lipinski definition) is 0. The third-order valence-corrected chi connectivity index (χ3v) is 4.20. The summed E-state index contributed by atoms with van der Waals surface area (Å²) < 4.78 is 0. The fourth-order valence-corrected chi connectivity index (χ4v) is 3.00. The second kappa shape index (κ2) is 12.0. The van der Waals surface area contributed by atoms with Crippen LogP contribution < -0.4 is 0 Å². The van der Waals surface area contributed by atoms with E-state index in [-0.39, 0.29) is 46.9 Å². The maximum absolute atomic E-state index is 4.87. The van der Waals surface area contributed by atoms with Gasteiger partial charge >= 0.3 is 0 Å². The first-order valence-electron chi connectivity index (χ1n) is 7.46. The van der Waals surface area contributed by atoms with Crippen LogP contribution in [0.1, 0.15) is 53.0 Å². The monoisotopic (exact) mass is 462 g/mol. The molecule has 1 aromatic carbocycles. The maximum atomic E-state index is 4.87. The van der Waals surface area contributed by atoms with Gasteiger partial charge in [-0.3, -0.25) is 10.7 Å². The molecule has 1 aromatic rings. The summed E-state index contributed by atoms with van der Waals surface area (Å²) in [6.07, 6.45) is 4.26. The number of allylic oxidation sites excluding steroid dienone is 2. The molecule has 0 N–H and O–H groups in total. The third-order valence-electron chi connectivity index (χ3n) is 3.21. The van der Waals surface area contributed by atoms with E-state index in [1.807, 2.05) is 25.6 Å². The molecule has 2 rings (SSSR count). The van der Waals surface area contributed by atoms with Crippen LogP contribution in [0, 0.1) is 52.7 Å². The number of thioether (sulfide) groups is 1. The van der Waals surface area contributed by atoms with Gasteiger partial charge in [-0.1, -0.05) is 45.0 Å². The van der Waals surface area contributed by atoms with E-state index in [1.54, 1.807) is 0 Å². The molecule has 0 bridgehead atoms. The Hall–Kier alpha value is 0.499. The van der Waals surface area contributed by atoms with Crippen LogP contribution in [0.15, 0.2) is 35.3 Å². The number of para-hydroxylation sites is 1.